The molecule has 4 nitrogen and oxygen atoms in total. The SMILES string of the molecule is COC(=O)C(N)(/C=C/CN)CF.Cl.Cl. The number of nitrogens with two attached hydrogens (primary N) is 2. The van der Waals surface area contributed by atoms with Crippen molar-refractivity contribution in [2.75, 3.05) is 20.3 Å². The van der Waals surface area contributed by atoms with Gasteiger partial charge in [0.15, 0.2) is 5.54 Å². The van der Waals surface area contributed by atoms with E-state index in [1.54, 1.807) is 0 Å². The number of methoxy groups -OCH3 is 1. The van der Waals surface area contributed by atoms with Gasteiger partial charge in [0.25, 0.3) is 0 Å². The Morgan fingerprint density at radius 3 is 2.36 bits per heavy atom. The molecule has 0 saturated carbocycles. The Hall–Kier alpha value is -0.360. The molecule has 0 bridgehead atoms. The summed E-state index contributed by atoms with van der Waals surface area (Å²) in [5, 5.41) is 0. The Balaban J connectivity index is -0.000000605. The Labute approximate surface area is 94.7 Å². The van der Waals surface area contributed by atoms with Gasteiger partial charge >= 0.3 is 5.97 Å². The minimum absolute atomic E-state index is 0. The van der Waals surface area contributed by atoms with Gasteiger partial charge < -0.3 is 16.2 Å². The van der Waals surface area contributed by atoms with Crippen LogP contribution in [-0.2, 0) is 9.53 Å². The second kappa shape index (κ2) is 9.21. The van der Waals surface area contributed by atoms with Gasteiger partial charge in [-0.15, -0.1) is 24.8 Å². The van der Waals surface area contributed by atoms with Crippen molar-refractivity contribution in [1.82, 2.24) is 0 Å². The van der Waals surface area contributed by atoms with E-state index in [0.717, 1.165) is 7.11 Å². The lowest BCUT2D eigenvalue weighted by Crippen LogP contribution is -2.49. The van der Waals surface area contributed by atoms with Crippen LogP contribution >= 0.6 is 24.8 Å². The molecule has 0 aromatic heterocycles. The van der Waals surface area contributed by atoms with Crippen molar-refractivity contribution in [3.05, 3.63) is 12.2 Å². The molecule has 0 amide bonds. The lowest BCUT2D eigenvalue weighted by atomic mass is 10.0. The number of alkyl halides is 1. The van der Waals surface area contributed by atoms with E-state index in [0.29, 0.717) is 0 Å². The van der Waals surface area contributed by atoms with Gasteiger partial charge in [-0.25, -0.2) is 9.18 Å². The van der Waals surface area contributed by atoms with E-state index in [1.165, 1.54) is 12.2 Å². The van der Waals surface area contributed by atoms with Crippen molar-refractivity contribution in [3.8, 4) is 0 Å². The molecule has 0 aliphatic carbocycles. The van der Waals surface area contributed by atoms with E-state index in [2.05, 4.69) is 4.74 Å². The third-order valence-corrected chi connectivity index (χ3v) is 1.34. The first kappa shape index (κ1) is 19.2. The Bertz CT molecular complexity index is 193. The summed E-state index contributed by atoms with van der Waals surface area (Å²) < 4.78 is 16.6. The average Bonchev–Trinajstić information content (AvgIpc) is 2.12. The van der Waals surface area contributed by atoms with Crippen LogP contribution < -0.4 is 11.5 Å². The zero-order chi connectivity index (χ0) is 9.61. The molecule has 0 radical (unpaired) electrons. The monoisotopic (exact) mass is 248 g/mol. The highest BCUT2D eigenvalue weighted by Gasteiger charge is 2.32. The lowest BCUT2D eigenvalue weighted by molar-refractivity contribution is -0.145. The molecule has 1 unspecified atom stereocenters. The molecule has 0 rings (SSSR count). The van der Waals surface area contributed by atoms with Crippen LogP contribution in [0.5, 0.6) is 0 Å². The first-order valence-corrected chi connectivity index (χ1v) is 3.41. The van der Waals surface area contributed by atoms with E-state index < -0.39 is 18.2 Å². The minimum atomic E-state index is -1.69. The number of esters is 1. The molecule has 86 valence electrons. The molecule has 0 aromatic rings. The largest absolute Gasteiger partial charge is 0.467 e. The molecule has 4 N–H and O–H groups in total. The third-order valence-electron chi connectivity index (χ3n) is 1.34. The van der Waals surface area contributed by atoms with E-state index in [1.807, 2.05) is 0 Å². The lowest BCUT2D eigenvalue weighted by Gasteiger charge is -2.18. The summed E-state index contributed by atoms with van der Waals surface area (Å²) in [6, 6.07) is 0. The van der Waals surface area contributed by atoms with Crippen LogP contribution in [0.4, 0.5) is 4.39 Å². The van der Waals surface area contributed by atoms with Gasteiger partial charge in [0.1, 0.15) is 6.67 Å². The van der Waals surface area contributed by atoms with Gasteiger partial charge in [-0.05, 0) is 0 Å². The van der Waals surface area contributed by atoms with Gasteiger partial charge in [-0.3, -0.25) is 0 Å². The standard InChI is InChI=1S/C7H13FN2O2.2ClH/c1-12-6(11)7(10,5-8)3-2-4-9;;/h2-3H,4-5,9-10H2,1H3;2*1H/b3-2+;;. The van der Waals surface area contributed by atoms with Crippen LogP contribution in [0.3, 0.4) is 0 Å². The summed E-state index contributed by atoms with van der Waals surface area (Å²) in [7, 11) is 1.15. The van der Waals surface area contributed by atoms with Crippen molar-refractivity contribution >= 4 is 30.8 Å². The number of rotatable bonds is 4. The second-order valence-corrected chi connectivity index (χ2v) is 2.30. The van der Waals surface area contributed by atoms with Gasteiger partial charge in [0.05, 0.1) is 7.11 Å². The fraction of sp³-hybridized carbons (Fsp3) is 0.571. The summed E-state index contributed by atoms with van der Waals surface area (Å²) in [6.45, 7) is -0.799. The van der Waals surface area contributed by atoms with Gasteiger partial charge in [-0.1, -0.05) is 12.2 Å². The summed E-state index contributed by atoms with van der Waals surface area (Å²) in [5.41, 5.74) is 8.77. The summed E-state index contributed by atoms with van der Waals surface area (Å²) in [6.07, 6.45) is 2.62. The normalized spacial score (nSPS) is 13.7. The van der Waals surface area contributed by atoms with Gasteiger partial charge in [-0.2, -0.15) is 0 Å². The fourth-order valence-corrected chi connectivity index (χ4v) is 0.636. The zero-order valence-electron chi connectivity index (χ0n) is 7.73. The Kier molecular flexibility index (Phi) is 12.7. The van der Waals surface area contributed by atoms with Crippen molar-refractivity contribution in [1.29, 1.82) is 0 Å². The van der Waals surface area contributed by atoms with Crippen LogP contribution in [0, 0.1) is 0 Å². The third kappa shape index (κ3) is 5.39. The topological polar surface area (TPSA) is 78.3 Å². The summed E-state index contributed by atoms with van der Waals surface area (Å²) in [4.78, 5) is 10.9. The Morgan fingerprint density at radius 1 is 1.57 bits per heavy atom. The maximum Gasteiger partial charge on any atom is 0.332 e. The van der Waals surface area contributed by atoms with E-state index in [4.69, 9.17) is 11.5 Å². The maximum absolute atomic E-state index is 12.3. The number of hydrogen-bond acceptors (Lipinski definition) is 4. The molecule has 0 fully saturated rings. The van der Waals surface area contributed by atoms with Gasteiger partial charge in [0.2, 0.25) is 0 Å². The minimum Gasteiger partial charge on any atom is -0.467 e. The van der Waals surface area contributed by atoms with Crippen LogP contribution in [-0.4, -0.2) is 31.8 Å². The van der Waals surface area contributed by atoms with E-state index >= 15 is 0 Å². The molecule has 0 aliphatic rings. The predicted octanol–water partition coefficient (Wildman–Crippen LogP) is 0.185. The highest BCUT2D eigenvalue weighted by atomic mass is 35.5. The molecule has 0 spiro atoms. The first-order valence-electron chi connectivity index (χ1n) is 3.41. The maximum atomic E-state index is 12.3. The van der Waals surface area contributed by atoms with Crippen LogP contribution in [0.2, 0.25) is 0 Å². The first-order chi connectivity index (χ1) is 5.60. The van der Waals surface area contributed by atoms with Crippen LogP contribution in [0.1, 0.15) is 0 Å². The van der Waals surface area contributed by atoms with Gasteiger partial charge in [0, 0.05) is 6.54 Å². The molecule has 0 saturated heterocycles. The highest BCUT2D eigenvalue weighted by Crippen LogP contribution is 2.05. The van der Waals surface area contributed by atoms with Crippen LogP contribution in [0.15, 0.2) is 12.2 Å². The van der Waals surface area contributed by atoms with E-state index in [-0.39, 0.29) is 31.4 Å². The van der Waals surface area contributed by atoms with Crippen LogP contribution in [0.25, 0.3) is 0 Å². The van der Waals surface area contributed by atoms with Crippen molar-refractivity contribution < 1.29 is 13.9 Å². The van der Waals surface area contributed by atoms with Crippen molar-refractivity contribution in [3.63, 3.8) is 0 Å². The quantitative estimate of drug-likeness (QED) is 0.550. The second-order valence-electron chi connectivity index (χ2n) is 2.30. The summed E-state index contributed by atoms with van der Waals surface area (Å²) >= 11 is 0. The molecule has 14 heavy (non-hydrogen) atoms. The number of hydrogen-bond donors (Lipinski definition) is 2. The molecule has 1 atom stereocenters. The smallest absolute Gasteiger partial charge is 0.332 e. The summed E-state index contributed by atoms with van der Waals surface area (Å²) in [5.74, 6) is -0.810. The fourth-order valence-electron chi connectivity index (χ4n) is 0.636. The zero-order valence-corrected chi connectivity index (χ0v) is 9.37. The molecule has 0 heterocycles. The molecular weight excluding hydrogens is 234 g/mol. The number of carbonyl (C=O) groups excluding carboxylic acids is 1. The number of ether oxygens (including phenoxy) is 1. The average molecular weight is 249 g/mol. The molecule has 7 heteroatoms. The Morgan fingerprint density at radius 2 is 2.07 bits per heavy atom. The van der Waals surface area contributed by atoms with Crippen molar-refractivity contribution in [2.45, 2.75) is 5.54 Å². The van der Waals surface area contributed by atoms with Crippen molar-refractivity contribution in [2.24, 2.45) is 11.5 Å². The van der Waals surface area contributed by atoms with E-state index in [9.17, 15) is 9.18 Å². The predicted molar refractivity (Wildman–Crippen MR) is 57.6 cm³/mol. The number of halogens is 3. The molecular formula is C7H15Cl2FN2O2. The molecule has 0 aromatic carbocycles. The highest BCUT2D eigenvalue weighted by molar-refractivity contribution is 5.85. The molecule has 0 aliphatic heterocycles. The number of carbonyl (C=O) groups is 1.